The summed E-state index contributed by atoms with van der Waals surface area (Å²) in [6, 6.07) is 4.94. The van der Waals surface area contributed by atoms with Crippen LogP contribution in [-0.4, -0.2) is 4.98 Å². The molecule has 0 spiro atoms. The van der Waals surface area contributed by atoms with Crippen molar-refractivity contribution in [3.63, 3.8) is 0 Å². The maximum atomic E-state index is 13.6. The van der Waals surface area contributed by atoms with E-state index < -0.39 is 11.6 Å². The van der Waals surface area contributed by atoms with Crippen LogP contribution in [0.15, 0.2) is 28.7 Å². The van der Waals surface area contributed by atoms with E-state index in [1.54, 1.807) is 0 Å². The molecule has 0 aliphatic heterocycles. The smallest absolute Gasteiger partial charge is 0.148 e. The van der Waals surface area contributed by atoms with Crippen molar-refractivity contribution in [2.45, 2.75) is 0 Å². The van der Waals surface area contributed by atoms with Crippen molar-refractivity contribution >= 4 is 44.7 Å². The summed E-state index contributed by atoms with van der Waals surface area (Å²) in [5.74, 6) is -0.974. The molecule has 94 valence electrons. The number of benzene rings is 1. The lowest BCUT2D eigenvalue weighted by Crippen LogP contribution is -1.99. The summed E-state index contributed by atoms with van der Waals surface area (Å²) in [7, 11) is 0. The number of nitrogens with zero attached hydrogens (tertiary/aromatic N) is 1. The van der Waals surface area contributed by atoms with Gasteiger partial charge in [-0.1, -0.05) is 11.6 Å². The van der Waals surface area contributed by atoms with Gasteiger partial charge in [0.2, 0.25) is 0 Å². The van der Waals surface area contributed by atoms with E-state index in [0.29, 0.717) is 5.69 Å². The molecule has 2 aromatic rings. The van der Waals surface area contributed by atoms with Gasteiger partial charge in [-0.3, -0.25) is 0 Å². The fourth-order valence-corrected chi connectivity index (χ4v) is 1.87. The fraction of sp³-hybridized carbons (Fsp3) is 0. The van der Waals surface area contributed by atoms with Gasteiger partial charge in [0.25, 0.3) is 0 Å². The maximum Gasteiger partial charge on any atom is 0.148 e. The standard InChI is InChI=1S/C11H7BrClF2N3/c12-6-3-8(15)9(4-7(6)14)17-11-2-5(16)1-10(13)18-11/h1-4H,(H3,16,17,18). The van der Waals surface area contributed by atoms with E-state index in [-0.39, 0.29) is 21.1 Å². The van der Waals surface area contributed by atoms with E-state index in [2.05, 4.69) is 26.2 Å². The number of aromatic nitrogens is 1. The van der Waals surface area contributed by atoms with Crippen LogP contribution in [0.1, 0.15) is 0 Å². The lowest BCUT2D eigenvalue weighted by atomic mass is 10.3. The van der Waals surface area contributed by atoms with Crippen molar-refractivity contribution in [3.8, 4) is 0 Å². The lowest BCUT2D eigenvalue weighted by molar-refractivity contribution is 0.598. The molecule has 0 fully saturated rings. The first-order valence-corrected chi connectivity index (χ1v) is 5.97. The second-order valence-electron chi connectivity index (χ2n) is 3.48. The molecular formula is C11H7BrClF2N3. The number of nitrogens with one attached hydrogen (secondary N) is 1. The molecule has 3 nitrogen and oxygen atoms in total. The number of nitrogens with two attached hydrogens (primary N) is 1. The fourth-order valence-electron chi connectivity index (χ4n) is 1.34. The molecule has 1 heterocycles. The Labute approximate surface area is 115 Å². The van der Waals surface area contributed by atoms with Crippen LogP contribution < -0.4 is 11.1 Å². The second kappa shape index (κ2) is 5.07. The Morgan fingerprint density at radius 2 is 1.89 bits per heavy atom. The summed E-state index contributed by atoms with van der Waals surface area (Å²) in [5, 5.41) is 2.77. The van der Waals surface area contributed by atoms with Crippen LogP contribution in [0.2, 0.25) is 5.15 Å². The summed E-state index contributed by atoms with van der Waals surface area (Å²) in [4.78, 5) is 3.90. The Bertz CT molecular complexity index is 587. The Kier molecular flexibility index (Phi) is 3.68. The predicted molar refractivity (Wildman–Crippen MR) is 71.0 cm³/mol. The van der Waals surface area contributed by atoms with Gasteiger partial charge >= 0.3 is 0 Å². The van der Waals surface area contributed by atoms with Crippen molar-refractivity contribution in [2.75, 3.05) is 11.1 Å². The van der Waals surface area contributed by atoms with Crippen molar-refractivity contribution in [2.24, 2.45) is 0 Å². The van der Waals surface area contributed by atoms with Gasteiger partial charge in [0.15, 0.2) is 0 Å². The normalized spacial score (nSPS) is 10.4. The van der Waals surface area contributed by atoms with Crippen LogP contribution in [0.5, 0.6) is 0 Å². The molecule has 0 saturated heterocycles. The Hall–Kier alpha value is -1.40. The van der Waals surface area contributed by atoms with Gasteiger partial charge < -0.3 is 11.1 Å². The Morgan fingerprint density at radius 3 is 2.56 bits per heavy atom. The van der Waals surface area contributed by atoms with Gasteiger partial charge in [-0.15, -0.1) is 0 Å². The molecule has 1 aromatic heterocycles. The Balaban J connectivity index is 2.36. The number of hydrogen-bond donors (Lipinski definition) is 2. The highest BCUT2D eigenvalue weighted by atomic mass is 79.9. The molecule has 2 rings (SSSR count). The first-order valence-electron chi connectivity index (χ1n) is 4.80. The first kappa shape index (κ1) is 13.0. The molecule has 0 bridgehead atoms. The predicted octanol–water partition coefficient (Wildman–Crippen LogP) is 4.10. The minimum Gasteiger partial charge on any atom is -0.399 e. The van der Waals surface area contributed by atoms with E-state index in [9.17, 15) is 8.78 Å². The average Bonchev–Trinajstić information content (AvgIpc) is 2.24. The maximum absolute atomic E-state index is 13.6. The molecule has 0 amide bonds. The van der Waals surface area contributed by atoms with Crippen molar-refractivity contribution in [1.29, 1.82) is 0 Å². The average molecular weight is 335 g/mol. The molecular weight excluding hydrogens is 327 g/mol. The van der Waals surface area contributed by atoms with E-state index in [1.165, 1.54) is 12.1 Å². The zero-order valence-electron chi connectivity index (χ0n) is 8.85. The largest absolute Gasteiger partial charge is 0.399 e. The summed E-state index contributed by atoms with van der Waals surface area (Å²) >= 11 is 8.60. The quantitative estimate of drug-likeness (QED) is 0.642. The summed E-state index contributed by atoms with van der Waals surface area (Å²) < 4.78 is 26.9. The number of nitrogen functional groups attached to an aromatic ring is 1. The molecule has 3 N–H and O–H groups in total. The summed E-state index contributed by atoms with van der Waals surface area (Å²) in [6.07, 6.45) is 0. The van der Waals surface area contributed by atoms with Crippen molar-refractivity contribution < 1.29 is 8.78 Å². The molecule has 0 atom stereocenters. The van der Waals surface area contributed by atoms with Crippen molar-refractivity contribution in [1.82, 2.24) is 4.98 Å². The number of hydrogen-bond acceptors (Lipinski definition) is 3. The van der Waals surface area contributed by atoms with Gasteiger partial charge in [-0.25, -0.2) is 13.8 Å². The van der Waals surface area contributed by atoms with Gasteiger partial charge in [0, 0.05) is 17.8 Å². The second-order valence-corrected chi connectivity index (χ2v) is 4.72. The molecule has 18 heavy (non-hydrogen) atoms. The number of rotatable bonds is 2. The van der Waals surface area contributed by atoms with E-state index in [1.807, 2.05) is 0 Å². The van der Waals surface area contributed by atoms with Gasteiger partial charge in [0.05, 0.1) is 10.2 Å². The molecule has 7 heteroatoms. The van der Waals surface area contributed by atoms with Crippen molar-refractivity contribution in [3.05, 3.63) is 45.5 Å². The minimum atomic E-state index is -0.622. The highest BCUT2D eigenvalue weighted by molar-refractivity contribution is 9.10. The lowest BCUT2D eigenvalue weighted by Gasteiger charge is -2.08. The molecule has 0 unspecified atom stereocenters. The zero-order valence-corrected chi connectivity index (χ0v) is 11.2. The van der Waals surface area contributed by atoms with Gasteiger partial charge in [-0.2, -0.15) is 0 Å². The van der Waals surface area contributed by atoms with Crippen LogP contribution in [0.3, 0.4) is 0 Å². The molecule has 0 radical (unpaired) electrons. The number of anilines is 3. The van der Waals surface area contributed by atoms with E-state index in [0.717, 1.165) is 12.1 Å². The highest BCUT2D eigenvalue weighted by Crippen LogP contribution is 2.26. The summed E-state index contributed by atoms with van der Waals surface area (Å²) in [6.45, 7) is 0. The van der Waals surface area contributed by atoms with Gasteiger partial charge in [-0.05, 0) is 28.1 Å². The first-order chi connectivity index (χ1) is 8.45. The number of halogens is 4. The molecule has 0 aliphatic carbocycles. The number of pyridine rings is 1. The van der Waals surface area contributed by atoms with E-state index in [4.69, 9.17) is 17.3 Å². The summed E-state index contributed by atoms with van der Waals surface area (Å²) in [5.41, 5.74) is 5.89. The molecule has 0 aliphatic rings. The van der Waals surface area contributed by atoms with Crippen LogP contribution in [-0.2, 0) is 0 Å². The SMILES string of the molecule is Nc1cc(Cl)nc(Nc2cc(F)c(Br)cc2F)c1. The van der Waals surface area contributed by atoms with Crippen LogP contribution in [0.4, 0.5) is 26.0 Å². The van der Waals surface area contributed by atoms with Gasteiger partial charge in [0.1, 0.15) is 22.6 Å². The third-order valence-corrected chi connectivity index (χ3v) is 2.89. The van der Waals surface area contributed by atoms with E-state index >= 15 is 0 Å². The zero-order chi connectivity index (χ0) is 13.3. The molecule has 1 aromatic carbocycles. The third-order valence-electron chi connectivity index (χ3n) is 2.09. The topological polar surface area (TPSA) is 50.9 Å². The monoisotopic (exact) mass is 333 g/mol. The Morgan fingerprint density at radius 1 is 1.17 bits per heavy atom. The van der Waals surface area contributed by atoms with Crippen LogP contribution >= 0.6 is 27.5 Å². The molecule has 0 saturated carbocycles. The van der Waals surface area contributed by atoms with Crippen LogP contribution in [0, 0.1) is 11.6 Å². The van der Waals surface area contributed by atoms with Crippen LogP contribution in [0.25, 0.3) is 0 Å². The third kappa shape index (κ3) is 2.88. The minimum absolute atomic E-state index is 0.0455. The highest BCUT2D eigenvalue weighted by Gasteiger charge is 2.09.